The highest BCUT2D eigenvalue weighted by Gasteiger charge is 2.15. The van der Waals surface area contributed by atoms with Crippen LogP contribution in [0.4, 0.5) is 30.4 Å². The number of nitrogens with two attached hydrogens (primary N) is 3. The molecule has 0 saturated carbocycles. The van der Waals surface area contributed by atoms with E-state index in [1.165, 1.54) is 0 Å². The monoisotopic (exact) mass is 449 g/mol. The molecule has 0 fully saturated rings. The van der Waals surface area contributed by atoms with Gasteiger partial charge in [-0.25, -0.2) is 15.0 Å². The Morgan fingerprint density at radius 2 is 1.21 bits per heavy atom. The summed E-state index contributed by atoms with van der Waals surface area (Å²) in [5.41, 5.74) is 15.8. The lowest BCUT2D eigenvalue weighted by Crippen LogP contribution is -1.85. The Hall–Kier alpha value is -3.51. The van der Waals surface area contributed by atoms with Crippen LogP contribution in [0.2, 0.25) is 0 Å². The van der Waals surface area contributed by atoms with E-state index in [0.717, 1.165) is 46.4 Å². The van der Waals surface area contributed by atoms with Crippen LogP contribution in [0, 0.1) is 37.3 Å². The standard InChI is InChI=1S/C4H5N3O2S.2C3H3N3O2S/c1-2-3(7(8)9)10-4(5)6-2;2*4-3-5-1-2(9-3)6(7)8/h1H3,(H2,5,6);2*1H,(H2,4,5). The summed E-state index contributed by atoms with van der Waals surface area (Å²) in [5.74, 6) is 0. The lowest BCUT2D eigenvalue weighted by molar-refractivity contribution is -0.380. The average Bonchev–Trinajstić information content (AvgIpc) is 3.29. The Balaban J connectivity index is 0.000000210. The van der Waals surface area contributed by atoms with Crippen LogP contribution >= 0.6 is 34.0 Å². The fourth-order valence-electron chi connectivity index (χ4n) is 1.30. The maximum Gasteiger partial charge on any atom is 0.348 e. The minimum absolute atomic E-state index is 0.0208. The summed E-state index contributed by atoms with van der Waals surface area (Å²) in [7, 11) is 0. The van der Waals surface area contributed by atoms with E-state index in [1.54, 1.807) is 6.92 Å². The van der Waals surface area contributed by atoms with Crippen LogP contribution in [0.3, 0.4) is 0 Å². The molecule has 3 aromatic rings. The normalized spacial score (nSPS) is 9.46. The van der Waals surface area contributed by atoms with Gasteiger partial charge >= 0.3 is 15.0 Å². The lowest BCUT2D eigenvalue weighted by Gasteiger charge is -1.81. The topological polar surface area (TPSA) is 246 Å². The molecule has 0 unspecified atom stereocenters. The van der Waals surface area contributed by atoms with Crippen molar-refractivity contribution in [3.05, 3.63) is 48.4 Å². The summed E-state index contributed by atoms with van der Waals surface area (Å²) >= 11 is 2.62. The number of aryl methyl sites for hydroxylation is 1. The van der Waals surface area contributed by atoms with Crippen LogP contribution in [-0.4, -0.2) is 29.7 Å². The Bertz CT molecular complexity index is 933. The van der Waals surface area contributed by atoms with Gasteiger partial charge in [-0.15, -0.1) is 0 Å². The van der Waals surface area contributed by atoms with E-state index in [2.05, 4.69) is 15.0 Å². The quantitative estimate of drug-likeness (QED) is 0.384. The van der Waals surface area contributed by atoms with Gasteiger partial charge in [-0.05, 0) is 40.9 Å². The largest absolute Gasteiger partial charge is 0.375 e. The van der Waals surface area contributed by atoms with Crippen LogP contribution < -0.4 is 17.2 Å². The maximum absolute atomic E-state index is 10.2. The van der Waals surface area contributed by atoms with Crippen molar-refractivity contribution < 1.29 is 14.8 Å². The molecule has 28 heavy (non-hydrogen) atoms. The number of thiazole rings is 3. The van der Waals surface area contributed by atoms with Crippen molar-refractivity contribution in [1.29, 1.82) is 0 Å². The van der Waals surface area contributed by atoms with E-state index in [1.807, 2.05) is 0 Å². The smallest absolute Gasteiger partial charge is 0.348 e. The number of hydrogen-bond donors (Lipinski definition) is 3. The lowest BCUT2D eigenvalue weighted by atomic mass is 10.5. The highest BCUT2D eigenvalue weighted by atomic mass is 32.1. The molecule has 0 aliphatic rings. The van der Waals surface area contributed by atoms with Gasteiger partial charge in [-0.2, -0.15) is 0 Å². The summed E-state index contributed by atoms with van der Waals surface area (Å²) < 4.78 is 0. The van der Waals surface area contributed by atoms with E-state index < -0.39 is 14.8 Å². The third kappa shape index (κ3) is 7.01. The fraction of sp³-hybridized carbons (Fsp3) is 0.100. The molecule has 15 nitrogen and oxygen atoms in total. The van der Waals surface area contributed by atoms with E-state index in [0.29, 0.717) is 5.69 Å². The van der Waals surface area contributed by atoms with Gasteiger partial charge < -0.3 is 17.2 Å². The number of hydrogen-bond acceptors (Lipinski definition) is 15. The number of nitrogens with zero attached hydrogens (tertiary/aromatic N) is 6. The van der Waals surface area contributed by atoms with Crippen LogP contribution in [0.1, 0.15) is 5.69 Å². The third-order valence-electron chi connectivity index (χ3n) is 2.34. The molecule has 3 rings (SSSR count). The minimum Gasteiger partial charge on any atom is -0.375 e. The Morgan fingerprint density at radius 3 is 1.36 bits per heavy atom. The first kappa shape index (κ1) is 22.5. The van der Waals surface area contributed by atoms with Crippen molar-refractivity contribution in [2.45, 2.75) is 6.92 Å². The first-order valence-electron chi connectivity index (χ1n) is 6.60. The zero-order valence-electron chi connectivity index (χ0n) is 13.7. The predicted molar refractivity (Wildman–Crippen MR) is 104 cm³/mol. The second kappa shape index (κ2) is 9.99. The van der Waals surface area contributed by atoms with Gasteiger partial charge in [-0.3, -0.25) is 30.3 Å². The summed E-state index contributed by atoms with van der Waals surface area (Å²) in [4.78, 5) is 39.2. The van der Waals surface area contributed by atoms with E-state index in [9.17, 15) is 30.3 Å². The molecule has 0 bridgehead atoms. The van der Waals surface area contributed by atoms with Gasteiger partial charge in [0.25, 0.3) is 0 Å². The summed E-state index contributed by atoms with van der Waals surface area (Å²) in [5, 5.41) is 30.7. The predicted octanol–water partition coefficient (Wildman–Crippen LogP) is 2.21. The van der Waals surface area contributed by atoms with Crippen LogP contribution in [0.25, 0.3) is 0 Å². The number of anilines is 3. The Labute approximate surface area is 166 Å². The summed E-state index contributed by atoms with van der Waals surface area (Å²) in [6, 6.07) is 0. The molecule has 0 spiro atoms. The van der Waals surface area contributed by atoms with Crippen molar-refractivity contribution in [3.8, 4) is 0 Å². The van der Waals surface area contributed by atoms with Crippen molar-refractivity contribution in [3.63, 3.8) is 0 Å². The second-order valence-electron chi connectivity index (χ2n) is 4.29. The molecule has 0 saturated heterocycles. The fourth-order valence-corrected chi connectivity index (χ4v) is 2.95. The molecule has 6 N–H and O–H groups in total. The molecule has 0 radical (unpaired) electrons. The van der Waals surface area contributed by atoms with Gasteiger partial charge in [0.1, 0.15) is 18.1 Å². The molecule has 150 valence electrons. The SMILES string of the molecule is Cc1nc(N)sc1[N+](=O)[O-].Nc1ncc([N+](=O)[O-])s1.Nc1ncc([N+](=O)[O-])s1. The van der Waals surface area contributed by atoms with Crippen LogP contribution in [-0.2, 0) is 0 Å². The summed E-state index contributed by atoms with van der Waals surface area (Å²) in [6.07, 6.45) is 2.28. The van der Waals surface area contributed by atoms with Crippen molar-refractivity contribution in [1.82, 2.24) is 15.0 Å². The molecule has 0 amide bonds. The molecular weight excluding hydrogens is 438 g/mol. The number of nitro groups is 3. The molecule has 0 aliphatic carbocycles. The highest BCUT2D eigenvalue weighted by Crippen LogP contribution is 2.27. The average molecular weight is 449 g/mol. The van der Waals surface area contributed by atoms with E-state index in [-0.39, 0.29) is 30.4 Å². The van der Waals surface area contributed by atoms with Gasteiger partial charge in [0, 0.05) is 0 Å². The van der Waals surface area contributed by atoms with Crippen molar-refractivity contribution in [2.75, 3.05) is 17.2 Å². The molecular formula is C10H11N9O6S3. The minimum atomic E-state index is -0.520. The molecule has 0 aromatic carbocycles. The Morgan fingerprint density at radius 1 is 0.786 bits per heavy atom. The van der Waals surface area contributed by atoms with Gasteiger partial charge in [0.15, 0.2) is 15.4 Å². The van der Waals surface area contributed by atoms with Gasteiger partial charge in [0.05, 0.1) is 14.8 Å². The maximum atomic E-state index is 10.2. The highest BCUT2D eigenvalue weighted by molar-refractivity contribution is 7.19. The third-order valence-corrected chi connectivity index (χ3v) is 4.83. The van der Waals surface area contributed by atoms with Gasteiger partial charge in [-0.1, -0.05) is 0 Å². The van der Waals surface area contributed by atoms with Crippen molar-refractivity contribution >= 4 is 64.4 Å². The van der Waals surface area contributed by atoms with Gasteiger partial charge in [0.2, 0.25) is 0 Å². The Kier molecular flexibility index (Phi) is 8.04. The molecule has 0 atom stereocenters. The molecule has 0 aliphatic heterocycles. The van der Waals surface area contributed by atoms with Crippen LogP contribution in [0.5, 0.6) is 0 Å². The first-order valence-corrected chi connectivity index (χ1v) is 9.04. The van der Waals surface area contributed by atoms with E-state index in [4.69, 9.17) is 17.2 Å². The van der Waals surface area contributed by atoms with E-state index >= 15 is 0 Å². The molecule has 18 heteroatoms. The zero-order valence-corrected chi connectivity index (χ0v) is 16.2. The number of nitrogen functional groups attached to an aromatic ring is 3. The number of aromatic nitrogens is 3. The molecule has 3 aromatic heterocycles. The number of rotatable bonds is 3. The van der Waals surface area contributed by atoms with Crippen LogP contribution in [0.15, 0.2) is 12.4 Å². The molecule has 3 heterocycles. The van der Waals surface area contributed by atoms with Crippen molar-refractivity contribution in [2.24, 2.45) is 0 Å². The first-order chi connectivity index (χ1) is 13.0. The second-order valence-corrected chi connectivity index (χ2v) is 7.38. The zero-order chi connectivity index (χ0) is 21.4. The summed E-state index contributed by atoms with van der Waals surface area (Å²) in [6.45, 7) is 1.56.